The molecule has 5 nitrogen and oxygen atoms in total. The summed E-state index contributed by atoms with van der Waals surface area (Å²) in [6.45, 7) is 6.29. The van der Waals surface area contributed by atoms with E-state index < -0.39 is 0 Å². The Hall–Kier alpha value is -3.12. The number of ether oxygens (including phenoxy) is 1. The minimum atomic E-state index is -0.227. The van der Waals surface area contributed by atoms with Crippen molar-refractivity contribution in [3.8, 4) is 5.75 Å². The minimum absolute atomic E-state index is 0.0110. The van der Waals surface area contributed by atoms with Crippen LogP contribution >= 0.6 is 0 Å². The van der Waals surface area contributed by atoms with Crippen molar-refractivity contribution in [1.29, 1.82) is 0 Å². The SMILES string of the molecule is C[C@@H]1CN(C(=O)COc2cccc3c(N)cccc23)[C@@H](C)CN1Cc1ccc(F)cc1. The molecule has 1 aliphatic heterocycles. The smallest absolute Gasteiger partial charge is 0.260 e. The maximum atomic E-state index is 13.2. The summed E-state index contributed by atoms with van der Waals surface area (Å²) >= 11 is 0. The van der Waals surface area contributed by atoms with Gasteiger partial charge in [0.2, 0.25) is 0 Å². The monoisotopic (exact) mass is 421 g/mol. The van der Waals surface area contributed by atoms with Gasteiger partial charge in [0.1, 0.15) is 11.6 Å². The van der Waals surface area contributed by atoms with Gasteiger partial charge in [-0.15, -0.1) is 0 Å². The molecule has 2 atom stereocenters. The van der Waals surface area contributed by atoms with Crippen molar-refractivity contribution in [1.82, 2.24) is 9.80 Å². The van der Waals surface area contributed by atoms with Gasteiger partial charge in [0.25, 0.3) is 5.91 Å². The third-order valence-corrected chi connectivity index (χ3v) is 6.00. The normalized spacial score (nSPS) is 19.5. The molecule has 162 valence electrons. The number of nitrogens with two attached hydrogens (primary N) is 1. The minimum Gasteiger partial charge on any atom is -0.483 e. The van der Waals surface area contributed by atoms with E-state index in [0.717, 1.165) is 29.4 Å². The summed E-state index contributed by atoms with van der Waals surface area (Å²) < 4.78 is 19.1. The quantitative estimate of drug-likeness (QED) is 0.631. The Bertz CT molecular complexity index is 1070. The number of piperazine rings is 1. The molecular weight excluding hydrogens is 393 g/mol. The molecule has 0 radical (unpaired) electrons. The lowest BCUT2D eigenvalue weighted by Gasteiger charge is -2.44. The third kappa shape index (κ3) is 4.64. The first-order chi connectivity index (χ1) is 14.9. The Labute approximate surface area is 182 Å². The maximum Gasteiger partial charge on any atom is 0.260 e. The summed E-state index contributed by atoms with van der Waals surface area (Å²) in [6.07, 6.45) is 0. The number of halogens is 1. The number of fused-ring (bicyclic) bond motifs is 1. The number of hydrogen-bond donors (Lipinski definition) is 1. The number of carbonyl (C=O) groups is 1. The van der Waals surface area contributed by atoms with Gasteiger partial charge in [-0.3, -0.25) is 9.69 Å². The second-order valence-electron chi connectivity index (χ2n) is 8.29. The van der Waals surface area contributed by atoms with Crippen LogP contribution in [0, 0.1) is 5.82 Å². The van der Waals surface area contributed by atoms with Gasteiger partial charge < -0.3 is 15.4 Å². The Morgan fingerprint density at radius 3 is 2.48 bits per heavy atom. The molecule has 1 amide bonds. The lowest BCUT2D eigenvalue weighted by Crippen LogP contribution is -2.58. The molecular formula is C25H28FN3O2. The Balaban J connectivity index is 1.39. The number of amides is 1. The number of nitrogens with zero attached hydrogens (tertiary/aromatic N) is 2. The van der Waals surface area contributed by atoms with E-state index in [1.165, 1.54) is 12.1 Å². The van der Waals surface area contributed by atoms with E-state index in [1.54, 1.807) is 0 Å². The van der Waals surface area contributed by atoms with Crippen LogP contribution in [0.15, 0.2) is 60.7 Å². The predicted octanol–water partition coefficient (Wildman–Crippen LogP) is 4.06. The van der Waals surface area contributed by atoms with Crippen LogP contribution in [0.1, 0.15) is 19.4 Å². The molecule has 1 heterocycles. The highest BCUT2D eigenvalue weighted by Gasteiger charge is 2.32. The van der Waals surface area contributed by atoms with Crippen LogP contribution in [0.5, 0.6) is 5.75 Å². The van der Waals surface area contributed by atoms with E-state index in [2.05, 4.69) is 18.7 Å². The van der Waals surface area contributed by atoms with Crippen LogP contribution < -0.4 is 10.5 Å². The fraction of sp³-hybridized carbons (Fsp3) is 0.320. The number of carbonyl (C=O) groups excluding carboxylic acids is 1. The Morgan fingerprint density at radius 1 is 1.00 bits per heavy atom. The first-order valence-corrected chi connectivity index (χ1v) is 10.6. The van der Waals surface area contributed by atoms with Gasteiger partial charge in [-0.25, -0.2) is 4.39 Å². The first kappa shape index (κ1) is 21.1. The highest BCUT2D eigenvalue weighted by atomic mass is 19.1. The molecule has 4 rings (SSSR count). The maximum absolute atomic E-state index is 13.2. The van der Waals surface area contributed by atoms with Gasteiger partial charge >= 0.3 is 0 Å². The first-order valence-electron chi connectivity index (χ1n) is 10.6. The van der Waals surface area contributed by atoms with E-state index in [0.29, 0.717) is 18.0 Å². The van der Waals surface area contributed by atoms with Gasteiger partial charge in [0.05, 0.1) is 0 Å². The highest BCUT2D eigenvalue weighted by Crippen LogP contribution is 2.29. The van der Waals surface area contributed by atoms with Crippen LogP contribution in [-0.2, 0) is 11.3 Å². The van der Waals surface area contributed by atoms with Gasteiger partial charge in [-0.05, 0) is 43.7 Å². The molecule has 0 aromatic heterocycles. The molecule has 0 aliphatic carbocycles. The summed E-state index contributed by atoms with van der Waals surface area (Å²) in [7, 11) is 0. The molecule has 1 saturated heterocycles. The van der Waals surface area contributed by atoms with Crippen LogP contribution in [0.2, 0.25) is 0 Å². The fourth-order valence-corrected chi connectivity index (χ4v) is 4.24. The van der Waals surface area contributed by atoms with Crippen molar-refractivity contribution >= 4 is 22.4 Å². The van der Waals surface area contributed by atoms with Crippen LogP contribution in [0.3, 0.4) is 0 Å². The van der Waals surface area contributed by atoms with Crippen LogP contribution in [0.25, 0.3) is 10.8 Å². The number of rotatable bonds is 5. The van der Waals surface area contributed by atoms with Gasteiger partial charge in [-0.2, -0.15) is 0 Å². The largest absolute Gasteiger partial charge is 0.483 e. The fourth-order valence-electron chi connectivity index (χ4n) is 4.24. The van der Waals surface area contributed by atoms with E-state index >= 15 is 0 Å². The van der Waals surface area contributed by atoms with Crippen molar-refractivity contribution < 1.29 is 13.9 Å². The Kier molecular flexibility index (Phi) is 6.09. The standard InChI is InChI=1S/C25H28FN3O2/c1-17-14-29(18(2)13-28(17)15-19-9-11-20(26)12-10-19)25(30)16-31-24-8-4-5-21-22(24)6-3-7-23(21)27/h3-12,17-18H,13-16,27H2,1-2H3/t17-,18+/m1/s1. The third-order valence-electron chi connectivity index (χ3n) is 6.00. The van der Waals surface area contributed by atoms with E-state index in [-0.39, 0.29) is 30.4 Å². The van der Waals surface area contributed by atoms with E-state index in [9.17, 15) is 9.18 Å². The summed E-state index contributed by atoms with van der Waals surface area (Å²) in [5.74, 6) is 0.407. The predicted molar refractivity (Wildman–Crippen MR) is 121 cm³/mol. The lowest BCUT2D eigenvalue weighted by molar-refractivity contribution is -0.139. The van der Waals surface area contributed by atoms with Crippen molar-refractivity contribution in [2.75, 3.05) is 25.4 Å². The van der Waals surface area contributed by atoms with Crippen LogP contribution in [0.4, 0.5) is 10.1 Å². The molecule has 3 aromatic carbocycles. The zero-order chi connectivity index (χ0) is 22.0. The average molecular weight is 422 g/mol. The second-order valence-corrected chi connectivity index (χ2v) is 8.29. The molecule has 1 aliphatic rings. The molecule has 3 aromatic rings. The van der Waals surface area contributed by atoms with Crippen molar-refractivity contribution in [2.45, 2.75) is 32.5 Å². The summed E-state index contributed by atoms with van der Waals surface area (Å²) in [6, 6.07) is 18.3. The summed E-state index contributed by atoms with van der Waals surface area (Å²) in [5.41, 5.74) is 7.81. The van der Waals surface area contributed by atoms with Gasteiger partial charge in [0, 0.05) is 48.2 Å². The van der Waals surface area contributed by atoms with Gasteiger partial charge in [0.15, 0.2) is 6.61 Å². The molecule has 0 saturated carbocycles. The van der Waals surface area contributed by atoms with Crippen molar-refractivity contribution in [3.05, 3.63) is 72.0 Å². The lowest BCUT2D eigenvalue weighted by atomic mass is 10.1. The topological polar surface area (TPSA) is 58.8 Å². The van der Waals surface area contributed by atoms with Gasteiger partial charge in [-0.1, -0.05) is 36.4 Å². The Morgan fingerprint density at radius 2 is 1.71 bits per heavy atom. The number of hydrogen-bond acceptors (Lipinski definition) is 4. The highest BCUT2D eigenvalue weighted by molar-refractivity contribution is 5.96. The molecule has 2 N–H and O–H groups in total. The molecule has 1 fully saturated rings. The van der Waals surface area contributed by atoms with E-state index in [1.807, 2.05) is 53.4 Å². The molecule has 0 bridgehead atoms. The number of anilines is 1. The summed E-state index contributed by atoms with van der Waals surface area (Å²) in [5, 5.41) is 1.82. The number of benzene rings is 3. The zero-order valence-corrected chi connectivity index (χ0v) is 17.9. The van der Waals surface area contributed by atoms with E-state index in [4.69, 9.17) is 10.5 Å². The molecule has 6 heteroatoms. The molecule has 0 spiro atoms. The summed E-state index contributed by atoms with van der Waals surface area (Å²) in [4.78, 5) is 17.2. The van der Waals surface area contributed by atoms with Crippen molar-refractivity contribution in [2.24, 2.45) is 0 Å². The number of nitrogen functional groups attached to an aromatic ring is 1. The zero-order valence-electron chi connectivity index (χ0n) is 17.9. The van der Waals surface area contributed by atoms with Crippen molar-refractivity contribution in [3.63, 3.8) is 0 Å². The second kappa shape index (κ2) is 8.94. The van der Waals surface area contributed by atoms with Crippen LogP contribution in [-0.4, -0.2) is 47.5 Å². The molecule has 31 heavy (non-hydrogen) atoms. The molecule has 0 unspecified atom stereocenters. The average Bonchev–Trinajstić information content (AvgIpc) is 2.76.